The third-order valence-corrected chi connectivity index (χ3v) is 11.6. The summed E-state index contributed by atoms with van der Waals surface area (Å²) >= 11 is 0. The molecular formula is C33H36N6. The summed E-state index contributed by atoms with van der Waals surface area (Å²) in [7, 11) is 0. The van der Waals surface area contributed by atoms with Crippen LogP contribution in [-0.4, -0.2) is 43.7 Å². The van der Waals surface area contributed by atoms with Crippen LogP contribution in [0.25, 0.3) is 27.8 Å². The topological polar surface area (TPSA) is 50.1 Å². The maximum atomic E-state index is 5.41. The van der Waals surface area contributed by atoms with Gasteiger partial charge in [0.15, 0.2) is 0 Å². The number of benzene rings is 2. The molecule has 8 aliphatic rings. The van der Waals surface area contributed by atoms with Crippen molar-refractivity contribution in [2.24, 2.45) is 23.7 Å². The van der Waals surface area contributed by atoms with Gasteiger partial charge >= 0.3 is 0 Å². The Labute approximate surface area is 229 Å². The first kappa shape index (κ1) is 21.6. The normalized spacial score (nSPS) is 36.1. The van der Waals surface area contributed by atoms with Gasteiger partial charge in [0, 0.05) is 34.9 Å². The third-order valence-electron chi connectivity index (χ3n) is 11.6. The van der Waals surface area contributed by atoms with E-state index in [0.717, 1.165) is 41.5 Å². The van der Waals surface area contributed by atoms with Gasteiger partial charge in [0.1, 0.15) is 0 Å². The van der Waals surface area contributed by atoms with Crippen molar-refractivity contribution < 1.29 is 0 Å². The van der Waals surface area contributed by atoms with E-state index in [1.807, 2.05) is 0 Å². The molecule has 0 radical (unpaired) electrons. The summed E-state index contributed by atoms with van der Waals surface area (Å²) in [5, 5.41) is 2.53. The van der Waals surface area contributed by atoms with Crippen LogP contribution in [-0.2, 0) is 0 Å². The van der Waals surface area contributed by atoms with E-state index in [-0.39, 0.29) is 0 Å². The number of fused-ring (bicyclic) bond motifs is 3. The molecule has 4 aliphatic carbocycles. The lowest BCUT2D eigenvalue weighted by molar-refractivity contribution is 0.0863. The first-order valence-electron chi connectivity index (χ1n) is 15.6. The summed E-state index contributed by atoms with van der Waals surface area (Å²) in [6, 6.07) is 19.9. The van der Waals surface area contributed by atoms with Crippen LogP contribution in [0.2, 0.25) is 0 Å². The minimum atomic E-state index is 0.594. The highest BCUT2D eigenvalue weighted by molar-refractivity contribution is 6.08. The Hall–Kier alpha value is -3.15. The van der Waals surface area contributed by atoms with Crippen LogP contribution in [0.5, 0.6) is 0 Å². The zero-order valence-corrected chi connectivity index (χ0v) is 22.5. The molecule has 0 atom stereocenters. The Morgan fingerprint density at radius 2 is 0.795 bits per heavy atom. The highest BCUT2D eigenvalue weighted by atomic mass is 15.4. The van der Waals surface area contributed by atoms with Gasteiger partial charge in [-0.15, -0.1) is 0 Å². The van der Waals surface area contributed by atoms with Crippen molar-refractivity contribution in [2.75, 3.05) is 9.80 Å². The average molecular weight is 517 g/mol. The summed E-state index contributed by atoms with van der Waals surface area (Å²) in [6.45, 7) is 0. The predicted octanol–water partition coefficient (Wildman–Crippen LogP) is 6.50. The number of nitrogens with zero attached hydrogens (tertiary/aromatic N) is 6. The number of para-hydroxylation sites is 2. The number of piperidine rings is 4. The SMILES string of the molecule is c1ccc2c(c1)c1ccccc1n2-c1nc(N2C3CC4CC(C3)CC2C4)nc(N2C3CC4CC(C3)CC2C4)n1. The van der Waals surface area contributed by atoms with Crippen molar-refractivity contribution in [1.29, 1.82) is 0 Å². The van der Waals surface area contributed by atoms with Crippen LogP contribution in [0.15, 0.2) is 48.5 Å². The van der Waals surface area contributed by atoms with Crippen molar-refractivity contribution in [3.05, 3.63) is 48.5 Å². The van der Waals surface area contributed by atoms with E-state index >= 15 is 0 Å². The van der Waals surface area contributed by atoms with Crippen molar-refractivity contribution in [3.63, 3.8) is 0 Å². The molecule has 2 aromatic carbocycles. The molecule has 0 amide bonds. The molecule has 4 saturated heterocycles. The number of rotatable bonds is 3. The number of hydrogen-bond donors (Lipinski definition) is 0. The molecule has 8 fully saturated rings. The summed E-state index contributed by atoms with van der Waals surface area (Å²) < 4.78 is 2.31. The Balaban J connectivity index is 1.19. The molecule has 6 nitrogen and oxygen atoms in total. The van der Waals surface area contributed by atoms with Crippen molar-refractivity contribution >= 4 is 33.7 Å². The maximum absolute atomic E-state index is 5.41. The summed E-state index contributed by atoms with van der Waals surface area (Å²) in [5.41, 5.74) is 2.36. The highest BCUT2D eigenvalue weighted by Gasteiger charge is 2.50. The zero-order chi connectivity index (χ0) is 25.2. The Kier molecular flexibility index (Phi) is 4.29. The molecule has 8 bridgehead atoms. The van der Waals surface area contributed by atoms with Crippen LogP contribution in [0, 0.1) is 23.7 Å². The monoisotopic (exact) mass is 516 g/mol. The largest absolute Gasteiger partial charge is 0.335 e. The summed E-state index contributed by atoms with van der Waals surface area (Å²) in [4.78, 5) is 21.5. The second-order valence-electron chi connectivity index (χ2n) is 13.9. The first-order chi connectivity index (χ1) is 19.2. The fraction of sp³-hybridized carbons (Fsp3) is 0.545. The van der Waals surface area contributed by atoms with Gasteiger partial charge in [-0.2, -0.15) is 15.0 Å². The summed E-state index contributed by atoms with van der Waals surface area (Å²) in [6.07, 6.45) is 13.4. The standard InChI is InChI=1S/C33H36N6/c1-3-7-29-27(5-1)28-6-2-4-8-30(28)39(29)33-35-31(37-23-11-19-9-20(13-23)14-24(37)12-19)34-32(36-33)38-25-15-21-10-22(17-25)18-26(38)16-21/h1-8,19-26H,9-18H2. The zero-order valence-electron chi connectivity index (χ0n) is 22.5. The van der Waals surface area contributed by atoms with E-state index in [1.165, 1.54) is 86.0 Å². The molecule has 4 saturated carbocycles. The lowest BCUT2D eigenvalue weighted by Crippen LogP contribution is -2.60. The van der Waals surface area contributed by atoms with Crippen LogP contribution >= 0.6 is 0 Å². The Morgan fingerprint density at radius 1 is 0.436 bits per heavy atom. The smallest absolute Gasteiger partial charge is 0.241 e. The van der Waals surface area contributed by atoms with Crippen molar-refractivity contribution in [1.82, 2.24) is 19.5 Å². The second-order valence-corrected chi connectivity index (χ2v) is 13.9. The fourth-order valence-corrected chi connectivity index (χ4v) is 10.5. The molecular weight excluding hydrogens is 480 g/mol. The molecule has 6 heteroatoms. The molecule has 4 aromatic rings. The van der Waals surface area contributed by atoms with Gasteiger partial charge in [0.2, 0.25) is 17.8 Å². The van der Waals surface area contributed by atoms with Gasteiger partial charge in [-0.05, 0) is 100 Å². The molecule has 12 rings (SSSR count). The van der Waals surface area contributed by atoms with Crippen LogP contribution in [0.1, 0.15) is 64.2 Å². The lowest BCUT2D eigenvalue weighted by Gasteiger charge is -2.57. The van der Waals surface area contributed by atoms with Crippen LogP contribution < -0.4 is 9.80 Å². The quantitative estimate of drug-likeness (QED) is 0.311. The molecule has 198 valence electrons. The summed E-state index contributed by atoms with van der Waals surface area (Å²) in [5.74, 6) is 6.34. The van der Waals surface area contributed by atoms with Crippen molar-refractivity contribution in [3.8, 4) is 5.95 Å². The van der Waals surface area contributed by atoms with E-state index in [4.69, 9.17) is 15.0 Å². The molecule has 0 unspecified atom stereocenters. The number of hydrogen-bond acceptors (Lipinski definition) is 5. The van der Waals surface area contributed by atoms with Crippen LogP contribution in [0.3, 0.4) is 0 Å². The highest BCUT2D eigenvalue weighted by Crippen LogP contribution is 2.52. The molecule has 6 heterocycles. The fourth-order valence-electron chi connectivity index (χ4n) is 10.5. The number of aromatic nitrogens is 4. The Morgan fingerprint density at radius 3 is 1.21 bits per heavy atom. The first-order valence-corrected chi connectivity index (χ1v) is 15.6. The minimum absolute atomic E-state index is 0.594. The van der Waals surface area contributed by atoms with E-state index in [2.05, 4.69) is 62.9 Å². The van der Waals surface area contributed by atoms with Gasteiger partial charge < -0.3 is 9.80 Å². The van der Waals surface area contributed by atoms with E-state index in [1.54, 1.807) is 0 Å². The minimum Gasteiger partial charge on any atom is -0.335 e. The maximum Gasteiger partial charge on any atom is 0.241 e. The number of anilines is 2. The average Bonchev–Trinajstić information content (AvgIpc) is 3.26. The van der Waals surface area contributed by atoms with Gasteiger partial charge in [-0.25, -0.2) is 0 Å². The molecule has 0 N–H and O–H groups in total. The van der Waals surface area contributed by atoms with E-state index in [0.29, 0.717) is 24.2 Å². The predicted molar refractivity (Wildman–Crippen MR) is 154 cm³/mol. The molecule has 0 spiro atoms. The van der Waals surface area contributed by atoms with E-state index < -0.39 is 0 Å². The molecule has 4 aliphatic heterocycles. The Bertz CT molecular complexity index is 1450. The third kappa shape index (κ3) is 3.06. The molecule has 2 aromatic heterocycles. The van der Waals surface area contributed by atoms with Gasteiger partial charge in [-0.1, -0.05) is 36.4 Å². The lowest BCUT2D eigenvalue weighted by atomic mass is 9.63. The second kappa shape index (κ2) is 7.74. The molecule has 39 heavy (non-hydrogen) atoms. The van der Waals surface area contributed by atoms with Crippen molar-refractivity contribution in [2.45, 2.75) is 88.4 Å². The van der Waals surface area contributed by atoms with Crippen LogP contribution in [0.4, 0.5) is 11.9 Å². The van der Waals surface area contributed by atoms with Gasteiger partial charge in [0.05, 0.1) is 11.0 Å². The van der Waals surface area contributed by atoms with E-state index in [9.17, 15) is 0 Å². The van der Waals surface area contributed by atoms with Gasteiger partial charge in [0.25, 0.3) is 0 Å². The van der Waals surface area contributed by atoms with Gasteiger partial charge in [-0.3, -0.25) is 4.57 Å².